The molecule has 0 bridgehead atoms. The number of anilines is 1. The van der Waals surface area contributed by atoms with E-state index in [0.717, 1.165) is 24.4 Å². The van der Waals surface area contributed by atoms with Crippen LogP contribution in [-0.2, 0) is 6.42 Å². The molecule has 1 heterocycles. The molecular weight excluding hydrogens is 230 g/mol. The fourth-order valence-corrected chi connectivity index (χ4v) is 2.41. The third kappa shape index (κ3) is 5.91. The van der Waals surface area contributed by atoms with Gasteiger partial charge in [-0.3, -0.25) is 0 Å². The average molecular weight is 253 g/mol. The molecule has 1 unspecified atom stereocenters. The maximum absolute atomic E-state index is 4.26. The lowest BCUT2D eigenvalue weighted by Crippen LogP contribution is -2.17. The Morgan fingerprint density at radius 3 is 2.88 bits per heavy atom. The molecule has 0 saturated heterocycles. The van der Waals surface area contributed by atoms with E-state index in [9.17, 15) is 0 Å². The van der Waals surface area contributed by atoms with Crippen LogP contribution >= 0.6 is 11.8 Å². The quantitative estimate of drug-likeness (QED) is 0.721. The van der Waals surface area contributed by atoms with Crippen LogP contribution in [0.1, 0.15) is 39.3 Å². The molecule has 96 valence electrons. The first kappa shape index (κ1) is 14.3. The highest BCUT2D eigenvalue weighted by Crippen LogP contribution is 2.10. The molecule has 0 aliphatic carbocycles. The number of aryl methyl sites for hydroxylation is 1. The number of nitrogens with zero attached hydrogens (tertiary/aromatic N) is 2. The molecule has 1 aromatic rings. The fourth-order valence-electron chi connectivity index (χ4n) is 1.60. The molecule has 17 heavy (non-hydrogen) atoms. The molecule has 3 nitrogen and oxygen atoms in total. The topological polar surface area (TPSA) is 37.8 Å². The van der Waals surface area contributed by atoms with Gasteiger partial charge in [-0.1, -0.05) is 20.3 Å². The van der Waals surface area contributed by atoms with Crippen LogP contribution < -0.4 is 5.32 Å². The van der Waals surface area contributed by atoms with Crippen molar-refractivity contribution in [2.24, 2.45) is 0 Å². The van der Waals surface area contributed by atoms with E-state index in [0.29, 0.717) is 6.04 Å². The van der Waals surface area contributed by atoms with E-state index < -0.39 is 0 Å². The van der Waals surface area contributed by atoms with Crippen molar-refractivity contribution >= 4 is 17.6 Å². The molecular formula is C13H23N3S. The van der Waals surface area contributed by atoms with Crippen LogP contribution in [0.4, 0.5) is 5.82 Å². The van der Waals surface area contributed by atoms with Crippen LogP contribution in [-0.4, -0.2) is 27.5 Å². The van der Waals surface area contributed by atoms with Gasteiger partial charge in [0.25, 0.3) is 0 Å². The third-order valence-electron chi connectivity index (χ3n) is 2.52. The number of rotatable bonds is 8. The Morgan fingerprint density at radius 1 is 1.35 bits per heavy atom. The Labute approximate surface area is 109 Å². The van der Waals surface area contributed by atoms with Gasteiger partial charge in [0.1, 0.15) is 12.1 Å². The lowest BCUT2D eigenvalue weighted by Gasteiger charge is -2.14. The van der Waals surface area contributed by atoms with E-state index in [2.05, 4.69) is 42.1 Å². The van der Waals surface area contributed by atoms with E-state index >= 15 is 0 Å². The molecule has 1 N–H and O–H groups in total. The number of hydrogen-bond donors (Lipinski definition) is 1. The van der Waals surface area contributed by atoms with Crippen LogP contribution in [0.5, 0.6) is 0 Å². The first-order valence-electron chi connectivity index (χ1n) is 6.41. The summed E-state index contributed by atoms with van der Waals surface area (Å²) in [7, 11) is 0. The second-order valence-corrected chi connectivity index (χ2v) is 5.57. The van der Waals surface area contributed by atoms with Crippen molar-refractivity contribution in [1.82, 2.24) is 9.97 Å². The molecule has 1 rings (SSSR count). The van der Waals surface area contributed by atoms with Gasteiger partial charge in [0.2, 0.25) is 0 Å². The summed E-state index contributed by atoms with van der Waals surface area (Å²) in [6, 6.07) is 2.53. The summed E-state index contributed by atoms with van der Waals surface area (Å²) in [6.07, 6.45) is 4.98. The molecule has 1 aromatic heterocycles. The van der Waals surface area contributed by atoms with Crippen molar-refractivity contribution in [3.8, 4) is 0 Å². The van der Waals surface area contributed by atoms with Gasteiger partial charge in [-0.25, -0.2) is 9.97 Å². The monoisotopic (exact) mass is 253 g/mol. The van der Waals surface area contributed by atoms with Gasteiger partial charge in [0.05, 0.1) is 0 Å². The molecule has 0 radical (unpaired) electrons. The van der Waals surface area contributed by atoms with Crippen LogP contribution in [0.2, 0.25) is 0 Å². The number of nitrogens with one attached hydrogen (secondary N) is 1. The molecule has 0 saturated carbocycles. The Bertz CT molecular complexity index is 317. The maximum Gasteiger partial charge on any atom is 0.129 e. The normalized spacial score (nSPS) is 12.4. The smallest absolute Gasteiger partial charge is 0.129 e. The van der Waals surface area contributed by atoms with Gasteiger partial charge in [0.15, 0.2) is 0 Å². The highest BCUT2D eigenvalue weighted by atomic mass is 32.2. The number of aromatic nitrogens is 2. The number of thioether (sulfide) groups is 1. The zero-order valence-electron chi connectivity index (χ0n) is 11.1. The first-order valence-corrected chi connectivity index (χ1v) is 7.57. The van der Waals surface area contributed by atoms with Gasteiger partial charge in [-0.15, -0.1) is 0 Å². The van der Waals surface area contributed by atoms with E-state index in [4.69, 9.17) is 0 Å². The van der Waals surface area contributed by atoms with Crippen molar-refractivity contribution in [3.05, 3.63) is 18.1 Å². The van der Waals surface area contributed by atoms with Gasteiger partial charge < -0.3 is 5.32 Å². The minimum atomic E-state index is 0.471. The predicted octanol–water partition coefficient (Wildman–Crippen LogP) is 3.37. The van der Waals surface area contributed by atoms with Gasteiger partial charge in [0, 0.05) is 17.8 Å². The summed E-state index contributed by atoms with van der Waals surface area (Å²) in [4.78, 5) is 8.52. The van der Waals surface area contributed by atoms with Crippen molar-refractivity contribution in [1.29, 1.82) is 0 Å². The average Bonchev–Trinajstić information content (AvgIpc) is 2.30. The number of hydrogen-bond acceptors (Lipinski definition) is 4. The van der Waals surface area contributed by atoms with Gasteiger partial charge in [-0.05, 0) is 31.3 Å². The van der Waals surface area contributed by atoms with Crippen molar-refractivity contribution in [3.63, 3.8) is 0 Å². The molecule has 0 aliphatic heterocycles. The minimum Gasteiger partial charge on any atom is -0.367 e. The van der Waals surface area contributed by atoms with E-state index in [1.165, 1.54) is 17.9 Å². The minimum absolute atomic E-state index is 0.471. The predicted molar refractivity (Wildman–Crippen MR) is 76.7 cm³/mol. The summed E-state index contributed by atoms with van der Waals surface area (Å²) in [5, 5.41) is 3.44. The zero-order valence-corrected chi connectivity index (χ0v) is 11.9. The molecule has 1 atom stereocenters. The van der Waals surface area contributed by atoms with E-state index in [1.54, 1.807) is 6.33 Å². The summed E-state index contributed by atoms with van der Waals surface area (Å²) in [5.41, 5.74) is 1.13. The second-order valence-electron chi connectivity index (χ2n) is 4.18. The van der Waals surface area contributed by atoms with Crippen LogP contribution in [0.3, 0.4) is 0 Å². The Balaban J connectivity index is 2.41. The van der Waals surface area contributed by atoms with Crippen molar-refractivity contribution in [2.75, 3.05) is 16.8 Å². The molecule has 0 spiro atoms. The Morgan fingerprint density at radius 2 is 2.18 bits per heavy atom. The molecule has 0 amide bonds. The SMILES string of the molecule is CCCc1cc(NC(C)CCSCC)ncn1. The van der Waals surface area contributed by atoms with Gasteiger partial charge in [-0.2, -0.15) is 11.8 Å². The third-order valence-corrected chi connectivity index (χ3v) is 3.46. The fraction of sp³-hybridized carbons (Fsp3) is 0.692. The van der Waals surface area contributed by atoms with Gasteiger partial charge >= 0.3 is 0 Å². The largest absolute Gasteiger partial charge is 0.367 e. The lowest BCUT2D eigenvalue weighted by molar-refractivity contribution is 0.763. The van der Waals surface area contributed by atoms with E-state index in [1.807, 2.05) is 11.8 Å². The molecule has 4 heteroatoms. The van der Waals surface area contributed by atoms with Crippen LogP contribution in [0.25, 0.3) is 0 Å². The van der Waals surface area contributed by atoms with E-state index in [-0.39, 0.29) is 0 Å². The summed E-state index contributed by atoms with van der Waals surface area (Å²) in [6.45, 7) is 6.57. The van der Waals surface area contributed by atoms with Crippen molar-refractivity contribution < 1.29 is 0 Å². The van der Waals surface area contributed by atoms with Crippen LogP contribution in [0.15, 0.2) is 12.4 Å². The van der Waals surface area contributed by atoms with Crippen molar-refractivity contribution in [2.45, 2.75) is 46.1 Å². The maximum atomic E-state index is 4.26. The summed E-state index contributed by atoms with van der Waals surface area (Å²) < 4.78 is 0. The second kappa shape index (κ2) is 8.34. The molecule has 0 aromatic carbocycles. The highest BCUT2D eigenvalue weighted by molar-refractivity contribution is 7.99. The molecule has 0 aliphatic rings. The zero-order chi connectivity index (χ0) is 12.5. The van der Waals surface area contributed by atoms with Crippen LogP contribution in [0, 0.1) is 0 Å². The summed E-state index contributed by atoms with van der Waals surface area (Å²) >= 11 is 1.99. The Kier molecular flexibility index (Phi) is 7.01. The highest BCUT2D eigenvalue weighted by Gasteiger charge is 2.03. The molecule has 0 fully saturated rings. The Hall–Kier alpha value is -0.770. The summed E-state index contributed by atoms with van der Waals surface area (Å²) in [5.74, 6) is 3.36. The first-order chi connectivity index (χ1) is 8.26. The standard InChI is InChI=1S/C13H23N3S/c1-4-6-12-9-13(15-10-14-12)16-11(3)7-8-17-5-2/h9-11H,4-8H2,1-3H3,(H,14,15,16). The lowest BCUT2D eigenvalue weighted by atomic mass is 10.2.